The Bertz CT molecular complexity index is 4190. The van der Waals surface area contributed by atoms with Gasteiger partial charge in [0.2, 0.25) is 65.0 Å². The molecular weight excluding hydrogens is 1520 g/mol. The number of aromatic nitrogens is 1. The molecule has 32 nitrogen and oxygen atoms in total. The Morgan fingerprint density at radius 1 is 0.487 bits per heavy atom. The fourth-order valence-corrected chi connectivity index (χ4v) is 15.1. The van der Waals surface area contributed by atoms with Crippen molar-refractivity contribution in [1.82, 2.24) is 68.4 Å². The molecule has 1 aliphatic rings. The molecule has 0 spiro atoms. The summed E-state index contributed by atoms with van der Waals surface area (Å²) < 4.78 is 0. The van der Waals surface area contributed by atoms with Crippen LogP contribution in [0, 0.1) is 0 Å². The molecule has 14 atom stereocenters. The number of carboxylic acids is 1. The number of hydrogen-bond acceptors (Lipinski definition) is 21. The Kier molecular flexibility index (Phi) is 37.5. The summed E-state index contributed by atoms with van der Waals surface area (Å²) in [5, 5.41) is 74.3. The van der Waals surface area contributed by atoms with Gasteiger partial charge in [0.25, 0.3) is 0 Å². The number of carbonyl (C=O) groups excluding carboxylic acids is 11. The third kappa shape index (κ3) is 29.2. The summed E-state index contributed by atoms with van der Waals surface area (Å²) in [5.74, 6) is -12.9. The highest BCUT2D eigenvalue weighted by Crippen LogP contribution is 2.26. The van der Waals surface area contributed by atoms with Gasteiger partial charge in [-0.2, -0.15) is 0 Å². The van der Waals surface area contributed by atoms with Gasteiger partial charge in [0.1, 0.15) is 66.5 Å². The number of likely N-dealkylation sites (N-methyl/N-ethyl adjacent to an activating group) is 1. The van der Waals surface area contributed by atoms with Gasteiger partial charge < -0.3 is 106 Å². The summed E-state index contributed by atoms with van der Waals surface area (Å²) in [4.78, 5) is 181. The van der Waals surface area contributed by atoms with Crippen LogP contribution in [0.25, 0.3) is 10.9 Å². The van der Waals surface area contributed by atoms with Crippen LogP contribution in [0.5, 0.6) is 0 Å². The molecular formula is C81H110N16O16S2. The van der Waals surface area contributed by atoms with E-state index in [0.717, 1.165) is 46.0 Å². The maximum absolute atomic E-state index is 15.6. The fourth-order valence-electron chi connectivity index (χ4n) is 12.7. The molecule has 115 heavy (non-hydrogen) atoms. The number of unbranched alkanes of at least 4 members (excludes halogenated alkanes) is 2. The monoisotopic (exact) mass is 1630 g/mol. The van der Waals surface area contributed by atoms with Crippen molar-refractivity contribution >= 4 is 103 Å². The van der Waals surface area contributed by atoms with Crippen LogP contribution in [0.3, 0.4) is 0 Å². The van der Waals surface area contributed by atoms with Crippen molar-refractivity contribution in [3.05, 3.63) is 179 Å². The first-order valence-corrected chi connectivity index (χ1v) is 40.9. The summed E-state index contributed by atoms with van der Waals surface area (Å²) >= 11 is 0. The Morgan fingerprint density at radius 2 is 0.887 bits per heavy atom. The number of carboxylic acid groups (broad SMARTS) is 1. The van der Waals surface area contributed by atoms with Crippen molar-refractivity contribution in [1.29, 1.82) is 0 Å². The van der Waals surface area contributed by atoms with Crippen LogP contribution < -0.4 is 75.7 Å². The van der Waals surface area contributed by atoms with Crippen LogP contribution in [0.2, 0.25) is 0 Å². The van der Waals surface area contributed by atoms with Gasteiger partial charge >= 0.3 is 5.97 Å². The molecule has 22 N–H and O–H groups in total. The number of aliphatic carboxylic acids is 1. The van der Waals surface area contributed by atoms with E-state index in [0.29, 0.717) is 64.5 Å². The first-order chi connectivity index (χ1) is 55.1. The molecule has 1 fully saturated rings. The topological polar surface area (TPSA) is 515 Å². The normalized spacial score (nSPS) is 23.1. The average molecular weight is 1630 g/mol. The average Bonchev–Trinajstić information content (AvgIpc) is 1.73. The van der Waals surface area contributed by atoms with E-state index >= 15 is 19.2 Å². The first-order valence-electron chi connectivity index (χ1n) is 38.5. The van der Waals surface area contributed by atoms with E-state index in [1.807, 2.05) is 32.0 Å². The Labute approximate surface area is 676 Å². The van der Waals surface area contributed by atoms with Crippen LogP contribution in [-0.2, 0) is 96.2 Å². The number of fused-ring (bicyclic) bond motifs is 1. The van der Waals surface area contributed by atoms with Crippen LogP contribution in [0.15, 0.2) is 146 Å². The quantitative estimate of drug-likeness (QED) is 0.0232. The molecule has 0 aliphatic carbocycles. The van der Waals surface area contributed by atoms with Crippen molar-refractivity contribution in [2.45, 2.75) is 196 Å². The lowest BCUT2D eigenvalue weighted by molar-refractivity contribution is -0.145. The number of aliphatic hydroxyl groups excluding tert-OH is 3. The second-order valence-corrected chi connectivity index (χ2v) is 31.4. The molecule has 1 aliphatic heterocycles. The summed E-state index contributed by atoms with van der Waals surface area (Å²) in [6, 6.07) is 20.6. The lowest BCUT2D eigenvalue weighted by Crippen LogP contribution is -2.63. The van der Waals surface area contributed by atoms with Crippen LogP contribution in [-0.4, -0.2) is 230 Å². The molecule has 2 heterocycles. The molecule has 6 aromatic rings. The number of nitrogens with one attached hydrogen (secondary N) is 12. The van der Waals surface area contributed by atoms with E-state index in [-0.39, 0.29) is 82.0 Å². The number of nitrogens with zero attached hydrogens (tertiary/aromatic N) is 1. The predicted molar refractivity (Wildman–Crippen MR) is 437 cm³/mol. The van der Waals surface area contributed by atoms with E-state index in [1.165, 1.54) is 6.92 Å². The standard InChI is InChI=1S/C81H110N16O16S2/c1-47(2)85-42-54-33-31-53(32-34-54)40-63-75(106)95-68(48(3)99)78(109)93-64(39-52-25-13-8-14-26-52)76(107)96-69(49(4)100)79(110)94-66(44-98)80(111)97(5)67(77(108)88-60(81(112)113)30-18-20-36-83)46-115-114-45-57(84)70(101)87-59(29-17-19-35-82)71(102)89-61(37-50-21-9-6-10-22-50)72(103)90-62(38-51-23-11-7-12-24-51)73(104)92-65(74(105)91-63)41-55-43-86-58-28-16-15-27-56(55)58/h6-16,21-28,31-34,43,47-49,57,59-69,85-86,98-100H,17-20,29-30,35-42,44-46,82-84H2,1-5H3,(H,87,101)(H,88,108)(H,89,102)(H,90,103)(H,91,105)(H,92,104)(H,93,109)(H,94,110)(H,95,106)(H,96,107)(H,112,113)/t48-,49-,57+,59+,60+,61+,62+,63+,64+,65-,66+,67+,68-,69+/m1/s1. The highest BCUT2D eigenvalue weighted by atomic mass is 33.1. The molecule has 0 radical (unpaired) electrons. The van der Waals surface area contributed by atoms with Crippen molar-refractivity contribution in [3.8, 4) is 0 Å². The first kappa shape index (κ1) is 91.9. The number of rotatable bonds is 27. The minimum absolute atomic E-state index is 0.00292. The Balaban J connectivity index is 1.34. The minimum Gasteiger partial charge on any atom is -0.480 e. The molecule has 1 aromatic heterocycles. The van der Waals surface area contributed by atoms with Crippen molar-refractivity contribution < 1.29 is 78.0 Å². The van der Waals surface area contributed by atoms with Crippen LogP contribution in [0.1, 0.15) is 99.6 Å². The van der Waals surface area contributed by atoms with E-state index in [4.69, 9.17) is 17.2 Å². The second kappa shape index (κ2) is 46.9. The molecule has 622 valence electrons. The summed E-state index contributed by atoms with van der Waals surface area (Å²) in [7, 11) is 3.03. The molecule has 0 saturated carbocycles. The predicted octanol–water partition coefficient (Wildman–Crippen LogP) is -0.327. The number of aromatic amines is 1. The number of H-pyrrole nitrogens is 1. The van der Waals surface area contributed by atoms with Crippen molar-refractivity contribution in [3.63, 3.8) is 0 Å². The number of nitrogens with two attached hydrogens (primary N) is 3. The molecule has 11 amide bonds. The summed E-state index contributed by atoms with van der Waals surface area (Å²) in [6.07, 6.45) is -1.61. The van der Waals surface area contributed by atoms with E-state index < -0.39 is 162 Å². The lowest BCUT2D eigenvalue weighted by Gasteiger charge is -2.32. The van der Waals surface area contributed by atoms with E-state index in [9.17, 15) is 58.8 Å². The molecule has 34 heteroatoms. The van der Waals surface area contributed by atoms with Crippen LogP contribution in [0.4, 0.5) is 0 Å². The Hall–Kier alpha value is -10.3. The lowest BCUT2D eigenvalue weighted by atomic mass is 9.99. The van der Waals surface area contributed by atoms with Gasteiger partial charge in [0.15, 0.2) is 0 Å². The smallest absolute Gasteiger partial charge is 0.326 e. The van der Waals surface area contributed by atoms with Gasteiger partial charge in [-0.15, -0.1) is 0 Å². The summed E-state index contributed by atoms with van der Waals surface area (Å²) in [5.41, 5.74) is 22.3. The van der Waals surface area contributed by atoms with Crippen molar-refractivity contribution in [2.75, 3.05) is 38.2 Å². The third-order valence-corrected chi connectivity index (χ3v) is 21.8. The highest BCUT2D eigenvalue weighted by molar-refractivity contribution is 8.76. The minimum atomic E-state index is -1.96. The molecule has 5 aromatic carbocycles. The number of aliphatic hydroxyl groups is 3. The molecule has 0 unspecified atom stereocenters. The number of carbonyl (C=O) groups is 12. The highest BCUT2D eigenvalue weighted by Gasteiger charge is 2.40. The van der Waals surface area contributed by atoms with E-state index in [2.05, 4.69) is 63.5 Å². The van der Waals surface area contributed by atoms with E-state index in [1.54, 1.807) is 128 Å². The second-order valence-electron chi connectivity index (χ2n) is 28.9. The number of amides is 11. The third-order valence-electron chi connectivity index (χ3n) is 19.4. The van der Waals surface area contributed by atoms with Gasteiger partial charge in [-0.1, -0.05) is 169 Å². The fraction of sp³-hybridized carbons (Fsp3) is 0.457. The van der Waals surface area contributed by atoms with Gasteiger partial charge in [0.05, 0.1) is 24.9 Å². The van der Waals surface area contributed by atoms with Gasteiger partial charge in [-0.05, 0) is 105 Å². The molecule has 1 saturated heterocycles. The number of benzene rings is 5. The van der Waals surface area contributed by atoms with Gasteiger partial charge in [-0.25, -0.2) is 4.79 Å². The van der Waals surface area contributed by atoms with Gasteiger partial charge in [0, 0.05) is 80.3 Å². The summed E-state index contributed by atoms with van der Waals surface area (Å²) in [6.45, 7) is 6.07. The molecule has 7 rings (SSSR count). The van der Waals surface area contributed by atoms with Crippen LogP contribution >= 0.6 is 21.6 Å². The number of para-hydroxylation sites is 1. The SMILES string of the molecule is CC(C)NCc1ccc(C[C@@H]2NC(=O)[C@@H](Cc3c[nH]c4ccccc34)NC(=O)[C@H](Cc3ccccc3)NC(=O)[C@H](Cc3ccccc3)NC(=O)[C@H](CCCCN)NC(=O)[C@@H](N)CSSC[C@@H](C(=O)N[C@@H](CCCCN)C(=O)O)N(C)C(=O)[C@H](CO)NC(=O)[C@H]([C@@H](C)O)NC(=O)[C@H](Cc3ccccc3)NC(=O)[C@@H]([C@@H](C)O)NC2=O)cc1. The maximum atomic E-state index is 15.6. The zero-order valence-corrected chi connectivity index (χ0v) is 66.9. The zero-order valence-electron chi connectivity index (χ0n) is 65.2. The zero-order chi connectivity index (χ0) is 83.7. The Morgan fingerprint density at radius 3 is 1.35 bits per heavy atom. The molecule has 0 bridgehead atoms. The maximum Gasteiger partial charge on any atom is 0.326 e. The number of hydrogen-bond donors (Lipinski definition) is 19. The van der Waals surface area contributed by atoms with Crippen molar-refractivity contribution in [2.24, 2.45) is 17.2 Å². The largest absolute Gasteiger partial charge is 0.480 e. The van der Waals surface area contributed by atoms with Gasteiger partial charge in [-0.3, -0.25) is 52.7 Å².